The molecule has 4 amide bonds. The summed E-state index contributed by atoms with van der Waals surface area (Å²) in [6.07, 6.45) is 20.6. The molecule has 0 saturated carbocycles. The Kier molecular flexibility index (Phi) is 177. The number of allylic oxidation sites excluding steroid dienone is 11. The number of amides is 4. The van der Waals surface area contributed by atoms with Crippen LogP contribution in [0.3, 0.4) is 0 Å². The molecule has 0 aromatic heterocycles. The fourth-order valence-electron chi connectivity index (χ4n) is 3.55. The highest BCUT2D eigenvalue weighted by molar-refractivity contribution is 9.12. The smallest absolute Gasteiger partial charge is 0.349 e. The summed E-state index contributed by atoms with van der Waals surface area (Å²) in [5.41, 5.74) is 3.80. The first-order valence-corrected chi connectivity index (χ1v) is 46.1. The molecule has 44 heteroatoms. The SMILES string of the molecule is C=C(Br)C(=O)N(C)C.C=C(Br)C(=O)OC.C=C(Br)C(=O)OCC.C=C(Br)C(C)=O.C=C(C)C(=O)N(C)C.C=C(C)C(=O)OC.C=C(C)C(=O)OCC.C=C(C)C(C)=O.C=C(C)C=O.C=C(C)C=O.C=C(C)C=O.C=C(Cl)C(=O)N(C)C.C=C(Cl)C(=O)OC.C=C(Cl)C(=O)OCC.C=C(Cl)C(C)=O.C=CC#N.C=CC(=O)N(C)C.C=CC(=O)OC.C=CC(=O)OCC.C=CC(C)=O.C=CC=O.O=C1C=CCCC1.O=C1C=CCCO1. The Balaban J connectivity index is -0.0000000606. The number of rotatable bonds is 24. The maximum atomic E-state index is 10.7. The number of hydrogen-bond acceptors (Lipinski definition) is 32. The fourth-order valence-corrected chi connectivity index (χ4v) is 4.48. The van der Waals surface area contributed by atoms with Crippen molar-refractivity contribution in [2.45, 2.75) is 130 Å². The van der Waals surface area contributed by atoms with E-state index in [2.05, 4.69) is 245 Å². The van der Waals surface area contributed by atoms with Crippen molar-refractivity contribution in [3.8, 4) is 6.07 Å². The third-order valence-electron chi connectivity index (χ3n) is 10.8. The molecule has 0 fully saturated rings. The second-order valence-corrected chi connectivity index (χ2v) is 31.6. The van der Waals surface area contributed by atoms with Crippen LogP contribution in [0.2, 0.25) is 0 Å². The summed E-state index contributed by atoms with van der Waals surface area (Å²) < 4.78 is 40.6. The Hall–Kier alpha value is -13.3. The average molecular weight is 2440 g/mol. The molecular formula is C105H155Br4Cl4N5O31. The average Bonchev–Trinajstić information content (AvgIpc) is 0.984. The van der Waals surface area contributed by atoms with Crippen LogP contribution in [0.4, 0.5) is 0 Å². The standard InChI is InChI=1S/C6H11NO.C6H10O2.C6H8O.C5H8BrNO.C5H7BrO2.C5H8ClNO.C5H7ClO2.C5H9NO.C5H6O2.2C5H8O2.C5H8O.C4H5BrO2.C4H5BrO.C4H5ClO2.C4H5ClO.C4H6O2.4C4H6O.C3H3N.C3H4O/c1-5(2)6(8)7(3)4;1-4-8-6(7)5(2)3;7-6-4-2-1-3-5-6;1-4(6)5(8)7(2)3;1-3-8-5(7)4(2)6;1-4(6)5(8)7(2)3;1-3-8-5(7)4(2)6;1-4-5(7)6(2)3;6-5-3-1-2-4-7-5;1-4(2)5(6)7-3;1-3-5(6)7-4-2;1-4(2)5(3)6;1-3(5)4(6)7-2;1-3(5)4(2)6;1-3(5)4(6)7-2;1-3(5)4(2)6;1-3-4(5)6-2;3*1-4(2)3-5;1-3-4(2)5;2*1-2-3-4/h1H2,2-4H3;2,4H2,1,3H3;2,4H,1,3,5H2;1H2,2-3H3;2-3H2,1H3;1H2,2-3H3;2-3H2,1H3;4H,1H2,2-3H3;1,3H,2,4H2;1H2,2-3H3;3H,1,4H2,2H3;1H2,2-3H3;1H2,2H3;1H2,2H3;1H2,2H3;1H2,2H3;3H,1H2,2H3;4*3H,1H2,2H3;2H,1H2;2-3H,1H2. The van der Waals surface area contributed by atoms with E-state index >= 15 is 0 Å². The van der Waals surface area contributed by atoms with Gasteiger partial charge in [-0.15, -0.1) is 0 Å². The van der Waals surface area contributed by atoms with Gasteiger partial charge >= 0.3 is 53.7 Å². The summed E-state index contributed by atoms with van der Waals surface area (Å²) >= 11 is 32.1. The Morgan fingerprint density at radius 3 is 0.738 bits per heavy atom. The van der Waals surface area contributed by atoms with Gasteiger partial charge in [-0.25, -0.2) is 43.2 Å². The van der Waals surface area contributed by atoms with Crippen molar-refractivity contribution in [2.24, 2.45) is 0 Å². The second-order valence-electron chi connectivity index (χ2n) is 25.9. The zero-order valence-electron chi connectivity index (χ0n) is 91.2. The maximum Gasteiger partial charge on any atom is 0.349 e. The lowest BCUT2D eigenvalue weighted by Gasteiger charge is -2.07. The number of aldehydes is 4. The fraction of sp³-hybridized carbons (Fsp3) is 0.343. The van der Waals surface area contributed by atoms with Gasteiger partial charge in [0.15, 0.2) is 28.9 Å². The first kappa shape index (κ1) is 187. The minimum absolute atomic E-state index is 0.00926. The summed E-state index contributed by atoms with van der Waals surface area (Å²) in [7, 11) is 18.6. The first-order chi connectivity index (χ1) is 68.2. The largest absolute Gasteiger partial charge is 0.466 e. The summed E-state index contributed by atoms with van der Waals surface area (Å²) in [5, 5.41) is 7.48. The number of esters is 9. The predicted molar refractivity (Wildman–Crippen MR) is 612 cm³/mol. The maximum absolute atomic E-state index is 10.7. The molecule has 0 spiro atoms. The monoisotopic (exact) mass is 2440 g/mol. The van der Waals surface area contributed by atoms with Gasteiger partial charge < -0.3 is 62.2 Å². The van der Waals surface area contributed by atoms with Crippen LogP contribution >= 0.6 is 110 Å². The predicted octanol–water partition coefficient (Wildman–Crippen LogP) is 20.3. The van der Waals surface area contributed by atoms with Crippen molar-refractivity contribution >= 4 is 242 Å². The van der Waals surface area contributed by atoms with Gasteiger partial charge in [0, 0.05) is 117 Å². The normalized spacial score (nSPS) is 8.66. The molecule has 149 heavy (non-hydrogen) atoms. The van der Waals surface area contributed by atoms with Gasteiger partial charge in [0.2, 0.25) is 11.8 Å². The topological polar surface area (TPSA) is 495 Å². The third kappa shape index (κ3) is 225. The number of ketones is 5. The van der Waals surface area contributed by atoms with Crippen molar-refractivity contribution in [1.82, 2.24) is 19.6 Å². The van der Waals surface area contributed by atoms with E-state index in [1.54, 1.807) is 145 Å². The summed E-state index contributed by atoms with van der Waals surface area (Å²) in [6, 6.07) is 1.69. The number of cyclic esters (lactones) is 1. The molecule has 0 atom stereocenters. The molecule has 2 aliphatic rings. The summed E-state index contributed by atoms with van der Waals surface area (Å²) in [6.45, 7) is 95.1. The first-order valence-electron chi connectivity index (χ1n) is 41.4. The van der Waals surface area contributed by atoms with Crippen LogP contribution in [0.15, 0.2) is 276 Å². The molecule has 0 unspecified atom stereocenters. The molecule has 0 radical (unpaired) electrons. The van der Waals surface area contributed by atoms with Crippen molar-refractivity contribution in [3.63, 3.8) is 0 Å². The van der Waals surface area contributed by atoms with E-state index in [1.165, 1.54) is 106 Å². The Morgan fingerprint density at radius 2 is 0.685 bits per heavy atom. The van der Waals surface area contributed by atoms with Gasteiger partial charge in [0.05, 0.1) is 95.5 Å². The molecule has 36 nitrogen and oxygen atoms in total. The van der Waals surface area contributed by atoms with E-state index in [0.717, 1.165) is 56.7 Å². The molecule has 0 aromatic rings. The van der Waals surface area contributed by atoms with Gasteiger partial charge in [-0.2, -0.15) is 5.26 Å². The molecule has 842 valence electrons. The lowest BCUT2D eigenvalue weighted by molar-refractivity contribution is -0.139. The van der Waals surface area contributed by atoms with Crippen molar-refractivity contribution < 1.29 is 148 Å². The minimum Gasteiger partial charge on any atom is -0.466 e. The highest BCUT2D eigenvalue weighted by Gasteiger charge is 2.08. The summed E-state index contributed by atoms with van der Waals surface area (Å²) in [4.78, 5) is 227. The summed E-state index contributed by atoms with van der Waals surface area (Å²) in [5.74, 6) is -3.81. The lowest BCUT2D eigenvalue weighted by Crippen LogP contribution is -2.21. The van der Waals surface area contributed by atoms with Gasteiger partial charge in [-0.1, -0.05) is 197 Å². The number of Topliss-reactive ketones (excluding diaryl/α,β-unsaturated/α-hetero) is 3. The molecule has 0 aromatic carbocycles. The number of hydrogen-bond donors (Lipinski definition) is 0. The number of ether oxygens (including phenoxy) is 9. The number of nitriles is 1. The van der Waals surface area contributed by atoms with Crippen LogP contribution < -0.4 is 0 Å². The van der Waals surface area contributed by atoms with E-state index in [-0.39, 0.29) is 106 Å². The van der Waals surface area contributed by atoms with Gasteiger partial charge in [0.25, 0.3) is 11.8 Å². The molecule has 1 heterocycles. The highest BCUT2D eigenvalue weighted by atomic mass is 79.9. The molecule has 1 aliphatic heterocycles. The number of nitrogens with zero attached hydrogens (tertiary/aromatic N) is 5. The van der Waals surface area contributed by atoms with E-state index < -0.39 is 29.8 Å². The number of carbonyl (C=O) groups excluding carboxylic acids is 22. The quantitative estimate of drug-likeness (QED) is 0.0285. The molecule has 2 rings (SSSR count). The minimum atomic E-state index is -0.582. The number of methoxy groups -OCH3 is 4. The lowest BCUT2D eigenvalue weighted by atomic mass is 10.1. The van der Waals surface area contributed by atoms with Crippen molar-refractivity contribution in [3.05, 3.63) is 276 Å². The van der Waals surface area contributed by atoms with Crippen LogP contribution in [0.5, 0.6) is 0 Å². The van der Waals surface area contributed by atoms with Crippen LogP contribution in [-0.2, 0) is 148 Å². The zero-order chi connectivity index (χ0) is 124. The van der Waals surface area contributed by atoms with Gasteiger partial charge in [-0.05, 0) is 220 Å². The number of halogens is 8. The van der Waals surface area contributed by atoms with Crippen LogP contribution in [0.25, 0.3) is 0 Å². The molecule has 1 aliphatic carbocycles. The molecule has 0 saturated heterocycles. The Labute approximate surface area is 937 Å². The van der Waals surface area contributed by atoms with E-state index in [9.17, 15) is 101 Å². The molecule has 0 N–H and O–H groups in total. The van der Waals surface area contributed by atoms with Gasteiger partial charge in [0.1, 0.15) is 35.2 Å². The van der Waals surface area contributed by atoms with Crippen molar-refractivity contribution in [2.75, 3.05) is 118 Å². The Morgan fingerprint density at radius 1 is 0.383 bits per heavy atom. The van der Waals surface area contributed by atoms with Crippen LogP contribution in [0.1, 0.15) is 130 Å². The van der Waals surface area contributed by atoms with Crippen LogP contribution in [-0.4, -0.2) is 269 Å². The van der Waals surface area contributed by atoms with Crippen molar-refractivity contribution in [1.29, 1.82) is 5.26 Å². The highest BCUT2D eigenvalue weighted by Crippen LogP contribution is 2.07. The Bertz CT molecular complexity index is 4040. The second kappa shape index (κ2) is 141. The van der Waals surface area contributed by atoms with E-state index in [4.69, 9.17) is 56.5 Å². The van der Waals surface area contributed by atoms with Gasteiger partial charge in [-0.3, -0.25) is 62.3 Å². The number of carbonyl (C=O) groups is 22. The zero-order valence-corrected chi connectivity index (χ0v) is 101. The molecular weight excluding hydrogens is 2290 g/mol. The number of likely N-dealkylation sites (N-methyl/N-ethyl adjacent to an activating group) is 4. The third-order valence-corrected chi connectivity index (χ3v) is 13.1. The van der Waals surface area contributed by atoms with E-state index in [0.29, 0.717) is 87.3 Å². The molecule has 0 bridgehead atoms. The van der Waals surface area contributed by atoms with E-state index in [1.807, 2.05) is 12.2 Å². The van der Waals surface area contributed by atoms with Crippen LogP contribution in [0, 0.1) is 11.3 Å².